The first-order valence-corrected chi connectivity index (χ1v) is 10.4. The average molecular weight is 453 g/mol. The van der Waals surface area contributed by atoms with E-state index in [1.807, 2.05) is 60.7 Å². The summed E-state index contributed by atoms with van der Waals surface area (Å²) in [4.78, 5) is 16.1. The van der Waals surface area contributed by atoms with Gasteiger partial charge in [-0.15, -0.1) is 0 Å². The summed E-state index contributed by atoms with van der Waals surface area (Å²) in [5, 5.41) is 9.06. The van der Waals surface area contributed by atoms with Gasteiger partial charge in [-0.25, -0.2) is 4.79 Å². The van der Waals surface area contributed by atoms with E-state index in [0.717, 1.165) is 32.6 Å². The molecule has 1 aromatic heterocycles. The molecule has 3 aromatic carbocycles. The maximum atomic E-state index is 12.0. The van der Waals surface area contributed by atoms with Crippen LogP contribution >= 0.6 is 23.2 Å². The zero-order chi connectivity index (χ0) is 22.1. The number of carbonyl (C=O) groups is 1. The van der Waals surface area contributed by atoms with Gasteiger partial charge in [0.15, 0.2) is 0 Å². The van der Waals surface area contributed by atoms with Gasteiger partial charge in [0.25, 0.3) is 0 Å². The van der Waals surface area contributed by atoms with Crippen molar-refractivity contribution in [1.82, 2.24) is 10.3 Å². The van der Waals surface area contributed by atoms with Crippen molar-refractivity contribution in [2.24, 2.45) is 5.73 Å². The molecule has 0 bridgehead atoms. The van der Waals surface area contributed by atoms with Gasteiger partial charge in [-0.3, -0.25) is 4.98 Å². The third-order valence-electron chi connectivity index (χ3n) is 4.44. The second-order valence-electron chi connectivity index (χ2n) is 6.67. The quantitative estimate of drug-likeness (QED) is 0.354. The van der Waals surface area contributed by atoms with Crippen molar-refractivity contribution in [3.63, 3.8) is 0 Å². The molecule has 0 saturated carbocycles. The van der Waals surface area contributed by atoms with Crippen molar-refractivity contribution in [2.75, 3.05) is 5.32 Å². The number of fused-ring (bicyclic) bond motifs is 1. The number of hydrogen-bond donors (Lipinski definition) is 3. The van der Waals surface area contributed by atoms with Crippen LogP contribution in [-0.2, 0) is 13.1 Å². The number of nitrogens with two attached hydrogens (primary N) is 1. The number of pyridine rings is 1. The fraction of sp³-hybridized carbons (Fsp3) is 0.0833. The summed E-state index contributed by atoms with van der Waals surface area (Å²) in [6.45, 7) is 1.02. The lowest BCUT2D eigenvalue weighted by atomic mass is 10.1. The maximum Gasteiger partial charge on any atom is 0.319 e. The van der Waals surface area contributed by atoms with Crippen molar-refractivity contribution < 1.29 is 4.79 Å². The molecule has 4 rings (SSSR count). The Bertz CT molecular complexity index is 1130. The van der Waals surface area contributed by atoms with Crippen LogP contribution in [0.15, 0.2) is 85.2 Å². The standard InChI is InChI=1S/C17H14ClN3O.C7H8ClN/c18-14-6-4-12(5-7-14)10-20-17(22)21-16-3-1-2-13-11-19-9-8-15(13)16;8-7-3-1-6(5-9)2-4-7/h1-9,11H,10H2,(H2,20,21,22);1-4H,5,9H2. The van der Waals surface area contributed by atoms with Crippen molar-refractivity contribution in [3.8, 4) is 0 Å². The summed E-state index contributed by atoms with van der Waals surface area (Å²) < 4.78 is 0. The number of benzene rings is 3. The number of hydrogen-bond acceptors (Lipinski definition) is 3. The molecule has 0 aliphatic heterocycles. The summed E-state index contributed by atoms with van der Waals surface area (Å²) in [5.74, 6) is 0. The van der Waals surface area contributed by atoms with Gasteiger partial charge in [0.2, 0.25) is 0 Å². The molecule has 0 fully saturated rings. The number of aromatic nitrogens is 1. The van der Waals surface area contributed by atoms with Crippen LogP contribution in [0, 0.1) is 0 Å². The minimum absolute atomic E-state index is 0.251. The van der Waals surface area contributed by atoms with Crippen LogP contribution in [0.5, 0.6) is 0 Å². The summed E-state index contributed by atoms with van der Waals surface area (Å²) >= 11 is 11.5. The van der Waals surface area contributed by atoms with Gasteiger partial charge in [-0.05, 0) is 47.5 Å². The van der Waals surface area contributed by atoms with Gasteiger partial charge in [0, 0.05) is 46.3 Å². The van der Waals surface area contributed by atoms with E-state index in [1.54, 1.807) is 24.5 Å². The number of nitrogens with one attached hydrogen (secondary N) is 2. The van der Waals surface area contributed by atoms with E-state index in [-0.39, 0.29) is 6.03 Å². The van der Waals surface area contributed by atoms with E-state index in [1.165, 1.54) is 0 Å². The smallest absolute Gasteiger partial charge is 0.319 e. The highest BCUT2D eigenvalue weighted by Crippen LogP contribution is 2.22. The Morgan fingerprint density at radius 3 is 2.16 bits per heavy atom. The fourth-order valence-electron chi connectivity index (χ4n) is 2.80. The van der Waals surface area contributed by atoms with Gasteiger partial charge in [0.1, 0.15) is 0 Å². The molecule has 1 heterocycles. The zero-order valence-corrected chi connectivity index (χ0v) is 18.2. The van der Waals surface area contributed by atoms with Crippen LogP contribution in [0.4, 0.5) is 10.5 Å². The van der Waals surface area contributed by atoms with Crippen LogP contribution in [-0.4, -0.2) is 11.0 Å². The van der Waals surface area contributed by atoms with E-state index in [0.29, 0.717) is 18.1 Å². The van der Waals surface area contributed by atoms with Crippen LogP contribution in [0.25, 0.3) is 10.8 Å². The molecule has 0 aliphatic carbocycles. The lowest BCUT2D eigenvalue weighted by molar-refractivity contribution is 0.252. The molecule has 0 saturated heterocycles. The van der Waals surface area contributed by atoms with Gasteiger partial charge < -0.3 is 16.4 Å². The Balaban J connectivity index is 0.000000254. The number of anilines is 1. The highest BCUT2D eigenvalue weighted by molar-refractivity contribution is 6.30. The first-order valence-electron chi connectivity index (χ1n) is 9.61. The van der Waals surface area contributed by atoms with Gasteiger partial charge in [-0.1, -0.05) is 59.6 Å². The molecule has 2 amide bonds. The second-order valence-corrected chi connectivity index (χ2v) is 7.54. The first kappa shape index (κ1) is 22.6. The number of carbonyl (C=O) groups excluding carboxylic acids is 1. The molecule has 0 atom stereocenters. The minimum Gasteiger partial charge on any atom is -0.334 e. The normalized spacial score (nSPS) is 10.2. The monoisotopic (exact) mass is 452 g/mol. The summed E-state index contributed by atoms with van der Waals surface area (Å²) in [6, 6.07) is 22.2. The van der Waals surface area contributed by atoms with Crippen LogP contribution in [0.3, 0.4) is 0 Å². The lowest BCUT2D eigenvalue weighted by Gasteiger charge is -2.10. The van der Waals surface area contributed by atoms with Crippen molar-refractivity contribution >= 4 is 45.7 Å². The van der Waals surface area contributed by atoms with E-state index >= 15 is 0 Å². The van der Waals surface area contributed by atoms with Crippen LogP contribution in [0.2, 0.25) is 10.0 Å². The predicted octanol–water partition coefficient (Wildman–Crippen LogP) is 6.01. The summed E-state index contributed by atoms with van der Waals surface area (Å²) in [6.07, 6.45) is 3.48. The highest BCUT2D eigenvalue weighted by Gasteiger charge is 2.05. The lowest BCUT2D eigenvalue weighted by Crippen LogP contribution is -2.28. The van der Waals surface area contributed by atoms with E-state index < -0.39 is 0 Å². The van der Waals surface area contributed by atoms with Crippen LogP contribution in [0.1, 0.15) is 11.1 Å². The predicted molar refractivity (Wildman–Crippen MR) is 128 cm³/mol. The fourth-order valence-corrected chi connectivity index (χ4v) is 3.06. The Morgan fingerprint density at radius 1 is 0.871 bits per heavy atom. The largest absolute Gasteiger partial charge is 0.334 e. The van der Waals surface area contributed by atoms with E-state index in [4.69, 9.17) is 28.9 Å². The average Bonchev–Trinajstić information content (AvgIpc) is 2.80. The van der Waals surface area contributed by atoms with Gasteiger partial charge in [0.05, 0.1) is 5.69 Å². The Morgan fingerprint density at radius 2 is 1.52 bits per heavy atom. The molecule has 0 aliphatic rings. The SMILES string of the molecule is NCc1ccc(Cl)cc1.O=C(NCc1ccc(Cl)cc1)Nc1cccc2cnccc12. The Hall–Kier alpha value is -3.12. The molecule has 4 aromatic rings. The molecular weight excluding hydrogens is 431 g/mol. The number of amides is 2. The van der Waals surface area contributed by atoms with E-state index in [2.05, 4.69) is 15.6 Å². The first-order chi connectivity index (χ1) is 15.0. The third-order valence-corrected chi connectivity index (χ3v) is 4.95. The van der Waals surface area contributed by atoms with Crippen molar-refractivity contribution in [3.05, 3.63) is 106 Å². The van der Waals surface area contributed by atoms with Gasteiger partial charge >= 0.3 is 6.03 Å². The molecule has 0 radical (unpaired) electrons. The number of nitrogens with zero attached hydrogens (tertiary/aromatic N) is 1. The molecule has 31 heavy (non-hydrogen) atoms. The third kappa shape index (κ3) is 6.96. The van der Waals surface area contributed by atoms with Crippen LogP contribution < -0.4 is 16.4 Å². The Kier molecular flexibility index (Phi) is 8.24. The molecule has 0 unspecified atom stereocenters. The number of urea groups is 1. The maximum absolute atomic E-state index is 12.0. The molecule has 5 nitrogen and oxygen atoms in total. The molecule has 4 N–H and O–H groups in total. The Labute approximate surface area is 191 Å². The topological polar surface area (TPSA) is 80.0 Å². The number of halogens is 2. The number of rotatable bonds is 4. The van der Waals surface area contributed by atoms with Gasteiger partial charge in [-0.2, -0.15) is 0 Å². The summed E-state index contributed by atoms with van der Waals surface area (Å²) in [7, 11) is 0. The highest BCUT2D eigenvalue weighted by atomic mass is 35.5. The van der Waals surface area contributed by atoms with E-state index in [9.17, 15) is 4.79 Å². The molecular formula is C24H22Cl2N4O. The van der Waals surface area contributed by atoms with Crippen molar-refractivity contribution in [1.29, 1.82) is 0 Å². The summed E-state index contributed by atoms with van der Waals surface area (Å²) in [5.41, 5.74) is 8.21. The minimum atomic E-state index is -0.251. The molecule has 0 spiro atoms. The second kappa shape index (κ2) is 11.3. The molecule has 158 valence electrons. The zero-order valence-electron chi connectivity index (χ0n) is 16.7. The molecule has 7 heteroatoms. The van der Waals surface area contributed by atoms with Crippen molar-refractivity contribution in [2.45, 2.75) is 13.1 Å².